The van der Waals surface area contributed by atoms with E-state index in [0.29, 0.717) is 0 Å². The van der Waals surface area contributed by atoms with E-state index < -0.39 is 5.95 Å². The summed E-state index contributed by atoms with van der Waals surface area (Å²) in [4.78, 5) is 0. The van der Waals surface area contributed by atoms with E-state index in [1.54, 1.807) is 6.08 Å². The molecule has 0 N–H and O–H groups in total. The van der Waals surface area contributed by atoms with Crippen molar-refractivity contribution in [3.63, 3.8) is 0 Å². The summed E-state index contributed by atoms with van der Waals surface area (Å²) in [6.45, 7) is 10.7. The quantitative estimate of drug-likeness (QED) is 0.293. The molecule has 0 saturated heterocycles. The molecule has 5 heteroatoms. The largest absolute Gasteiger partial charge is 2.00 e. The summed E-state index contributed by atoms with van der Waals surface area (Å²) in [5.41, 5.74) is 2.48. The van der Waals surface area contributed by atoms with Gasteiger partial charge in [0.15, 0.2) is 0 Å². The minimum atomic E-state index is -0.421. The molecule has 0 spiro atoms. The molecule has 0 atom stereocenters. The number of hydrogen-bond acceptors (Lipinski definition) is 3. The fourth-order valence-corrected chi connectivity index (χ4v) is 0.334. The average Bonchev–Trinajstić information content (AvgIpc) is 2.03. The number of hydrogen-bond donors (Lipinski definition) is 0. The van der Waals surface area contributed by atoms with E-state index in [9.17, 15) is 5.11 Å². The Morgan fingerprint density at radius 3 is 2.00 bits per heavy atom. The fraction of sp³-hybridized carbons (Fsp3) is 0.556. The molecule has 0 aliphatic carbocycles. The second kappa shape index (κ2) is 12.7. The van der Waals surface area contributed by atoms with Gasteiger partial charge >= 0.3 is 17.1 Å². The van der Waals surface area contributed by atoms with Gasteiger partial charge in [0.25, 0.3) is 0 Å². The van der Waals surface area contributed by atoms with Crippen LogP contribution in [-0.2, 0) is 21.8 Å². The second-order valence-corrected chi connectivity index (χ2v) is 3.15. The third-order valence-corrected chi connectivity index (χ3v) is 0.808. The third-order valence-electron chi connectivity index (χ3n) is 0.808. The van der Waals surface area contributed by atoms with Crippen LogP contribution in [0.5, 0.6) is 0 Å². The Kier molecular flexibility index (Phi) is 21.4. The molecular formula is C9H13CuLiNO2. The van der Waals surface area contributed by atoms with Crippen molar-refractivity contribution in [3.8, 4) is 0 Å². The van der Waals surface area contributed by atoms with Crippen molar-refractivity contribution in [1.29, 1.82) is 5.26 Å². The molecule has 78 valence electrons. The SMILES string of the molecule is COC([O-])=C=CC(C)(C)C.[C-]#N.[Cu+2].[Li]. The van der Waals surface area contributed by atoms with Crippen LogP contribution < -0.4 is 5.11 Å². The number of rotatable bonds is 1. The monoisotopic (exact) mass is 237 g/mol. The van der Waals surface area contributed by atoms with Gasteiger partial charge in [0.2, 0.25) is 0 Å². The summed E-state index contributed by atoms with van der Waals surface area (Å²) in [6.07, 6.45) is 1.69. The van der Waals surface area contributed by atoms with Crippen molar-refractivity contribution in [2.24, 2.45) is 5.41 Å². The Morgan fingerprint density at radius 2 is 1.79 bits per heavy atom. The van der Waals surface area contributed by atoms with E-state index in [-0.39, 0.29) is 41.3 Å². The van der Waals surface area contributed by atoms with Gasteiger partial charge < -0.3 is 21.7 Å². The molecule has 0 heterocycles. The van der Waals surface area contributed by atoms with Crippen LogP contribution in [0.4, 0.5) is 0 Å². The van der Waals surface area contributed by atoms with Crippen LogP contribution in [0.3, 0.4) is 0 Å². The summed E-state index contributed by atoms with van der Waals surface area (Å²) < 4.78 is 4.36. The van der Waals surface area contributed by atoms with Gasteiger partial charge in [-0.1, -0.05) is 20.8 Å². The zero-order chi connectivity index (χ0) is 10.2. The predicted molar refractivity (Wildman–Crippen MR) is 48.8 cm³/mol. The van der Waals surface area contributed by atoms with Gasteiger partial charge in [-0.3, -0.25) is 0 Å². The summed E-state index contributed by atoms with van der Waals surface area (Å²) in [6, 6.07) is 0. The minimum absolute atomic E-state index is 0. The van der Waals surface area contributed by atoms with E-state index in [1.165, 1.54) is 7.11 Å². The molecule has 0 aliphatic heterocycles. The van der Waals surface area contributed by atoms with Crippen LogP contribution in [0.25, 0.3) is 0 Å². The molecule has 0 saturated carbocycles. The van der Waals surface area contributed by atoms with Gasteiger partial charge in [-0.15, -0.1) is 5.73 Å². The van der Waals surface area contributed by atoms with E-state index in [0.717, 1.165) is 0 Å². The first kappa shape index (κ1) is 23.5. The van der Waals surface area contributed by atoms with Crippen LogP contribution in [-0.4, -0.2) is 26.0 Å². The molecule has 0 unspecified atom stereocenters. The summed E-state index contributed by atoms with van der Waals surface area (Å²) in [7, 11) is 1.34. The fourth-order valence-electron chi connectivity index (χ4n) is 0.334. The first-order chi connectivity index (χ1) is 5.45. The van der Waals surface area contributed by atoms with E-state index >= 15 is 0 Å². The Bertz CT molecular complexity index is 203. The topological polar surface area (TPSA) is 56.1 Å². The van der Waals surface area contributed by atoms with Crippen molar-refractivity contribution >= 4 is 18.9 Å². The zero-order valence-electron chi connectivity index (χ0n) is 9.14. The minimum Gasteiger partial charge on any atom is -0.611 e. The average molecular weight is 238 g/mol. The normalized spacial score (nSPS) is 7.29. The number of methoxy groups -OCH3 is 1. The molecule has 2 radical (unpaired) electrons. The Hall–Kier alpha value is -0.273. The van der Waals surface area contributed by atoms with E-state index in [4.69, 9.17) is 11.8 Å². The smallest absolute Gasteiger partial charge is 0.611 e. The number of allylic oxidation sites excluding steroid dienone is 1. The van der Waals surface area contributed by atoms with Crippen molar-refractivity contribution in [1.82, 2.24) is 0 Å². The molecule has 0 aromatic carbocycles. The van der Waals surface area contributed by atoms with Crippen LogP contribution >= 0.6 is 0 Å². The van der Waals surface area contributed by atoms with Crippen LogP contribution in [0, 0.1) is 17.2 Å². The van der Waals surface area contributed by atoms with Crippen molar-refractivity contribution < 1.29 is 26.9 Å². The standard InChI is InChI=1S/C8H14O2.CN.Cu.Li/c1-8(2,3)6-5-7(9)10-4;1-2;;/h6,9H,1-4H3;;;/q;-1;+2;/p-1. The molecule has 0 bridgehead atoms. The molecular weight excluding hydrogens is 225 g/mol. The molecule has 0 aromatic rings. The summed E-state index contributed by atoms with van der Waals surface area (Å²) >= 11 is 0. The summed E-state index contributed by atoms with van der Waals surface area (Å²) in [5, 5.41) is 16.7. The van der Waals surface area contributed by atoms with Gasteiger partial charge in [0, 0.05) is 18.9 Å². The first-order valence-electron chi connectivity index (χ1n) is 3.37. The maximum atomic E-state index is 10.5. The molecule has 0 aromatic heterocycles. The Balaban J connectivity index is -0.000000117. The summed E-state index contributed by atoms with van der Waals surface area (Å²) in [5.74, 6) is -0.421. The first-order valence-corrected chi connectivity index (χ1v) is 3.37. The maximum absolute atomic E-state index is 10.5. The van der Waals surface area contributed by atoms with Gasteiger partial charge in [-0.25, -0.2) is 0 Å². The molecule has 0 fully saturated rings. The second-order valence-electron chi connectivity index (χ2n) is 3.15. The molecule has 0 rings (SSSR count). The van der Waals surface area contributed by atoms with Gasteiger partial charge in [0.1, 0.15) is 0 Å². The number of nitrogens with zero attached hydrogens (tertiary/aromatic N) is 1. The molecule has 0 amide bonds. The van der Waals surface area contributed by atoms with Gasteiger partial charge in [-0.05, 0) is 18.6 Å². The maximum Gasteiger partial charge on any atom is 2.00 e. The van der Waals surface area contributed by atoms with Gasteiger partial charge in [0.05, 0.1) is 5.95 Å². The zero-order valence-corrected chi connectivity index (χ0v) is 10.1. The molecule has 14 heavy (non-hydrogen) atoms. The molecule has 0 aliphatic rings. The van der Waals surface area contributed by atoms with Crippen molar-refractivity contribution in [2.45, 2.75) is 20.8 Å². The third kappa shape index (κ3) is 22.6. The Labute approximate surface area is 108 Å². The van der Waals surface area contributed by atoms with Crippen LogP contribution in [0.15, 0.2) is 17.8 Å². The number of ether oxygens (including phenoxy) is 1. The van der Waals surface area contributed by atoms with Crippen molar-refractivity contribution in [2.75, 3.05) is 7.11 Å². The Morgan fingerprint density at radius 1 is 1.43 bits per heavy atom. The van der Waals surface area contributed by atoms with Crippen LogP contribution in [0.2, 0.25) is 0 Å². The van der Waals surface area contributed by atoms with Crippen LogP contribution in [0.1, 0.15) is 20.8 Å². The molecule has 3 nitrogen and oxygen atoms in total. The van der Waals surface area contributed by atoms with Gasteiger partial charge in [-0.2, -0.15) is 0 Å². The van der Waals surface area contributed by atoms with E-state index in [1.807, 2.05) is 20.8 Å². The van der Waals surface area contributed by atoms with E-state index in [2.05, 4.69) is 10.5 Å². The predicted octanol–water partition coefficient (Wildman–Crippen LogP) is 0.749. The van der Waals surface area contributed by atoms with Crippen molar-refractivity contribution in [3.05, 3.63) is 24.3 Å².